The zero-order valence-corrected chi connectivity index (χ0v) is 44.3. The van der Waals surface area contributed by atoms with Crippen molar-refractivity contribution in [2.24, 2.45) is 0 Å². The SMILES string of the molecule is COc1ccc(CNc2nc(-c3nc(N(Cc4ccc(OC)cc4)Cc4ccc(OC)cc4)cc(C)c3C(F)(F)F)c(F)c3nc(OC[C@@]45CCCN4C[C@H](F)C5)nc(N4CC5CCC(C4)N5C(=O)OC(C)(C)C)c23)cc1. The van der Waals surface area contributed by atoms with Gasteiger partial charge in [-0.05, 0) is 125 Å². The van der Waals surface area contributed by atoms with E-state index in [1.807, 2.05) is 67.0 Å². The smallest absolute Gasteiger partial charge is 0.418 e. The van der Waals surface area contributed by atoms with E-state index in [1.54, 1.807) is 62.6 Å². The van der Waals surface area contributed by atoms with Gasteiger partial charge in [0.1, 0.15) is 70.0 Å². The molecule has 3 aromatic carbocycles. The van der Waals surface area contributed by atoms with Crippen molar-refractivity contribution in [3.8, 4) is 34.6 Å². The van der Waals surface area contributed by atoms with Crippen molar-refractivity contribution in [3.05, 3.63) is 112 Å². The Morgan fingerprint density at radius 1 is 0.792 bits per heavy atom. The number of benzene rings is 3. The summed E-state index contributed by atoms with van der Waals surface area (Å²) in [5, 5.41) is 3.42. The molecule has 2 bridgehead atoms. The molecule has 1 N–H and O–H groups in total. The summed E-state index contributed by atoms with van der Waals surface area (Å²) in [7, 11) is 4.66. The lowest BCUT2D eigenvalue weighted by atomic mass is 9.95. The van der Waals surface area contributed by atoms with E-state index in [4.69, 9.17) is 43.6 Å². The first-order chi connectivity index (χ1) is 36.8. The molecule has 4 aliphatic heterocycles. The van der Waals surface area contributed by atoms with Crippen LogP contribution in [0, 0.1) is 12.7 Å². The highest BCUT2D eigenvalue weighted by Gasteiger charge is 2.50. The predicted octanol–water partition coefficient (Wildman–Crippen LogP) is 10.9. The van der Waals surface area contributed by atoms with E-state index >= 15 is 22.0 Å². The number of piperazine rings is 1. The van der Waals surface area contributed by atoms with Gasteiger partial charge in [0.2, 0.25) is 0 Å². The van der Waals surface area contributed by atoms with Gasteiger partial charge >= 0.3 is 18.3 Å². The standard InChI is InChI=1S/C57H64F5N9O6/c1-34-25-44(68(28-36-11-19-42(74-6)20-12-36)29-37-13-21-43(75-7)22-14-37)64-49(46(34)57(60,61)62)50-47(59)48-45(51(65-50)63-27-35-9-17-41(73-5)18-10-35)52(67-53(66-48)76-33-56-23-8-24-70(56)30-38(58)26-56)69-31-39-15-16-40(32-69)71(39)54(72)77-55(2,3)4/h9-14,17-22,25,38-40H,8,15-16,23-24,26-33H2,1-7H3,(H,63,65)/t38-,39?,40?,56+/m1/s1. The zero-order chi connectivity index (χ0) is 54.4. The Kier molecular flexibility index (Phi) is 14.7. The van der Waals surface area contributed by atoms with Gasteiger partial charge in [-0.1, -0.05) is 36.4 Å². The quantitative estimate of drug-likeness (QED) is 0.0920. The van der Waals surface area contributed by atoms with Gasteiger partial charge in [0.25, 0.3) is 0 Å². The maximum Gasteiger partial charge on any atom is 0.418 e. The van der Waals surface area contributed by atoms with Crippen LogP contribution in [0.2, 0.25) is 0 Å². The third kappa shape index (κ3) is 11.2. The van der Waals surface area contributed by atoms with Gasteiger partial charge in [0.15, 0.2) is 5.82 Å². The number of aryl methyl sites for hydroxylation is 1. The number of ether oxygens (including phenoxy) is 5. The lowest BCUT2D eigenvalue weighted by Gasteiger charge is -2.42. The minimum Gasteiger partial charge on any atom is -0.497 e. The number of nitrogens with one attached hydrogen (secondary N) is 1. The first-order valence-corrected chi connectivity index (χ1v) is 26.0. The molecule has 6 aromatic rings. The summed E-state index contributed by atoms with van der Waals surface area (Å²) >= 11 is 0. The molecule has 4 atom stereocenters. The average molecular weight is 1070 g/mol. The molecular formula is C57H64F5N9O6. The number of pyridine rings is 2. The van der Waals surface area contributed by atoms with Crippen molar-refractivity contribution in [2.75, 3.05) is 69.2 Å². The number of amides is 1. The Labute approximate surface area is 444 Å². The number of fused-ring (bicyclic) bond motifs is 4. The van der Waals surface area contributed by atoms with Gasteiger partial charge in [-0.15, -0.1) is 0 Å². The second kappa shape index (κ2) is 21.3. The molecule has 10 rings (SSSR count). The Morgan fingerprint density at radius 3 is 1.94 bits per heavy atom. The van der Waals surface area contributed by atoms with Gasteiger partial charge in [-0.25, -0.2) is 23.5 Å². The number of methoxy groups -OCH3 is 3. The number of carbonyl (C=O) groups is 1. The fourth-order valence-corrected chi connectivity index (χ4v) is 11.4. The number of carbonyl (C=O) groups excluding carboxylic acids is 1. The van der Waals surface area contributed by atoms with Crippen LogP contribution in [0.1, 0.15) is 80.7 Å². The first kappa shape index (κ1) is 53.2. The highest BCUT2D eigenvalue weighted by atomic mass is 19.4. The molecule has 0 saturated carbocycles. The molecule has 0 radical (unpaired) electrons. The molecular weight excluding hydrogens is 1000 g/mol. The van der Waals surface area contributed by atoms with Gasteiger partial charge in [-0.3, -0.25) is 9.80 Å². The van der Waals surface area contributed by atoms with E-state index in [-0.39, 0.29) is 104 Å². The minimum absolute atomic E-state index is 0.00256. The largest absolute Gasteiger partial charge is 0.497 e. The Bertz CT molecular complexity index is 3040. The fourth-order valence-electron chi connectivity index (χ4n) is 11.4. The molecule has 77 heavy (non-hydrogen) atoms. The van der Waals surface area contributed by atoms with Crippen molar-refractivity contribution in [1.29, 1.82) is 0 Å². The van der Waals surface area contributed by atoms with Crippen LogP contribution in [-0.4, -0.2) is 119 Å². The molecule has 4 saturated heterocycles. The molecule has 0 aliphatic carbocycles. The second-order valence-electron chi connectivity index (χ2n) is 21.5. The van der Waals surface area contributed by atoms with Crippen LogP contribution in [0.3, 0.4) is 0 Å². The third-order valence-corrected chi connectivity index (χ3v) is 15.1. The van der Waals surface area contributed by atoms with Gasteiger partial charge in [0, 0.05) is 45.7 Å². The molecule has 2 unspecified atom stereocenters. The molecule has 20 heteroatoms. The Morgan fingerprint density at radius 2 is 1.38 bits per heavy atom. The molecule has 3 aromatic heterocycles. The molecule has 0 spiro atoms. The summed E-state index contributed by atoms with van der Waals surface area (Å²) in [6, 6.07) is 22.3. The van der Waals surface area contributed by atoms with Crippen LogP contribution < -0.4 is 34.1 Å². The Hall–Kier alpha value is -7.22. The van der Waals surface area contributed by atoms with Crippen LogP contribution >= 0.6 is 0 Å². The average Bonchev–Trinajstić information content (AvgIpc) is 4.10. The number of halogens is 5. The van der Waals surface area contributed by atoms with Gasteiger partial charge < -0.3 is 38.8 Å². The molecule has 4 aliphatic rings. The number of rotatable bonds is 16. The summed E-state index contributed by atoms with van der Waals surface area (Å²) in [5.41, 5.74) is -2.24. The van der Waals surface area contributed by atoms with Crippen molar-refractivity contribution in [1.82, 2.24) is 29.7 Å². The number of hydrogen-bond acceptors (Lipinski definition) is 14. The third-order valence-electron chi connectivity index (χ3n) is 15.1. The Balaban J connectivity index is 1.16. The van der Waals surface area contributed by atoms with Crippen LogP contribution in [-0.2, 0) is 30.5 Å². The fraction of sp³-hybridized carbons (Fsp3) is 0.456. The van der Waals surface area contributed by atoms with Crippen molar-refractivity contribution in [3.63, 3.8) is 0 Å². The molecule has 408 valence electrons. The molecule has 7 heterocycles. The lowest BCUT2D eigenvalue weighted by Crippen LogP contribution is -2.57. The highest BCUT2D eigenvalue weighted by molar-refractivity contribution is 6.01. The lowest BCUT2D eigenvalue weighted by molar-refractivity contribution is -0.137. The monoisotopic (exact) mass is 1070 g/mol. The van der Waals surface area contributed by atoms with Gasteiger partial charge in [0.05, 0.1) is 49.9 Å². The number of hydrogen-bond donors (Lipinski definition) is 1. The molecule has 15 nitrogen and oxygen atoms in total. The van der Waals surface area contributed by atoms with E-state index in [0.717, 1.165) is 23.1 Å². The maximum absolute atomic E-state index is 18.4. The van der Waals surface area contributed by atoms with E-state index in [9.17, 15) is 4.79 Å². The van der Waals surface area contributed by atoms with E-state index < -0.39 is 52.3 Å². The minimum atomic E-state index is -5.03. The van der Waals surface area contributed by atoms with Crippen LogP contribution in [0.15, 0.2) is 78.9 Å². The van der Waals surface area contributed by atoms with E-state index in [1.165, 1.54) is 13.0 Å². The van der Waals surface area contributed by atoms with Crippen LogP contribution in [0.25, 0.3) is 22.3 Å². The van der Waals surface area contributed by atoms with Crippen molar-refractivity contribution in [2.45, 2.75) is 115 Å². The summed E-state index contributed by atoms with van der Waals surface area (Å²) in [4.78, 5) is 40.6. The van der Waals surface area contributed by atoms with E-state index in [2.05, 4.69) is 10.2 Å². The number of alkyl halides is 4. The number of anilines is 3. The summed E-state index contributed by atoms with van der Waals surface area (Å²) < 4.78 is 109. The normalized spacial score (nSPS) is 20.3. The second-order valence-corrected chi connectivity index (χ2v) is 21.5. The molecule has 1 amide bonds. The maximum atomic E-state index is 18.4. The number of nitrogens with zero attached hydrogens (tertiary/aromatic N) is 8. The summed E-state index contributed by atoms with van der Waals surface area (Å²) in [5.74, 6) is 0.987. The van der Waals surface area contributed by atoms with E-state index in [0.29, 0.717) is 43.1 Å². The predicted molar refractivity (Wildman–Crippen MR) is 282 cm³/mol. The topological polar surface area (TPSA) is 140 Å². The summed E-state index contributed by atoms with van der Waals surface area (Å²) in [6.07, 6.45) is -3.48. The molecule has 4 fully saturated rings. The van der Waals surface area contributed by atoms with Gasteiger partial charge in [-0.2, -0.15) is 23.1 Å². The zero-order valence-electron chi connectivity index (χ0n) is 44.3. The summed E-state index contributed by atoms with van der Waals surface area (Å²) in [6.45, 7) is 8.68. The highest BCUT2D eigenvalue weighted by Crippen LogP contribution is 2.46. The first-order valence-electron chi connectivity index (χ1n) is 26.0. The van der Waals surface area contributed by atoms with Crippen molar-refractivity contribution < 1.29 is 50.4 Å². The van der Waals surface area contributed by atoms with Crippen LogP contribution in [0.4, 0.5) is 44.2 Å². The van der Waals surface area contributed by atoms with Crippen molar-refractivity contribution >= 4 is 34.4 Å². The number of aromatic nitrogens is 4. The van der Waals surface area contributed by atoms with Crippen LogP contribution in [0.5, 0.6) is 23.3 Å².